The summed E-state index contributed by atoms with van der Waals surface area (Å²) in [6, 6.07) is 7.02. The number of carbonyl (C=O) groups is 2. The maximum Gasteiger partial charge on any atom is 0.348 e. The Kier molecular flexibility index (Phi) is 7.92. The second kappa shape index (κ2) is 10.8. The number of esters is 1. The number of hydrogen-bond donors (Lipinski definition) is 1. The van der Waals surface area contributed by atoms with Gasteiger partial charge in [0.2, 0.25) is 0 Å². The molecule has 1 amide bonds. The molecule has 0 saturated carbocycles. The molecule has 30 heavy (non-hydrogen) atoms. The predicted molar refractivity (Wildman–Crippen MR) is 115 cm³/mol. The van der Waals surface area contributed by atoms with Crippen molar-refractivity contribution in [2.45, 2.75) is 13.8 Å². The number of carbonyl (C=O) groups excluding carboxylic acids is 2. The standard InChI is InChI=1S/C21H26N2O6S/c1-3-27-17-13-16(23-7-9-26-10-8-23)18(28-4-2)12-15(17)22-20(24)14-29-21(25)19-6-5-11-30-19/h5-6,11-13H,3-4,7-10,14H2,1-2H3,(H,22,24). The molecule has 9 heteroatoms. The molecule has 1 fully saturated rings. The Labute approximate surface area is 179 Å². The molecule has 8 nitrogen and oxygen atoms in total. The van der Waals surface area contributed by atoms with Crippen molar-refractivity contribution in [1.82, 2.24) is 0 Å². The molecule has 2 aromatic rings. The van der Waals surface area contributed by atoms with Crippen molar-refractivity contribution in [3.05, 3.63) is 34.5 Å². The van der Waals surface area contributed by atoms with Crippen molar-refractivity contribution in [2.24, 2.45) is 0 Å². The van der Waals surface area contributed by atoms with E-state index in [1.54, 1.807) is 23.6 Å². The molecule has 0 spiro atoms. The van der Waals surface area contributed by atoms with Crippen molar-refractivity contribution in [3.8, 4) is 11.5 Å². The van der Waals surface area contributed by atoms with Crippen LogP contribution >= 0.6 is 11.3 Å². The van der Waals surface area contributed by atoms with Crippen LogP contribution in [0.1, 0.15) is 23.5 Å². The Bertz CT molecular complexity index is 849. The number of morpholine rings is 1. The van der Waals surface area contributed by atoms with Gasteiger partial charge in [0.25, 0.3) is 5.91 Å². The van der Waals surface area contributed by atoms with Gasteiger partial charge in [-0.05, 0) is 25.3 Å². The SMILES string of the molecule is CCOc1cc(N2CCOCC2)c(OCC)cc1NC(=O)COC(=O)c1cccs1. The first-order valence-corrected chi connectivity index (χ1v) is 10.8. The summed E-state index contributed by atoms with van der Waals surface area (Å²) in [5.74, 6) is 0.194. The van der Waals surface area contributed by atoms with Crippen LogP contribution in [0.2, 0.25) is 0 Å². The van der Waals surface area contributed by atoms with Crippen molar-refractivity contribution in [2.75, 3.05) is 56.3 Å². The third-order valence-electron chi connectivity index (χ3n) is 4.34. The van der Waals surface area contributed by atoms with Crippen LogP contribution in [0.25, 0.3) is 0 Å². The highest BCUT2D eigenvalue weighted by Gasteiger charge is 2.21. The summed E-state index contributed by atoms with van der Waals surface area (Å²) in [5.41, 5.74) is 1.36. The number of benzene rings is 1. The zero-order chi connectivity index (χ0) is 21.3. The van der Waals surface area contributed by atoms with Gasteiger partial charge in [0, 0.05) is 25.2 Å². The van der Waals surface area contributed by atoms with Crippen LogP contribution in [0.3, 0.4) is 0 Å². The Hall–Kier alpha value is -2.78. The summed E-state index contributed by atoms with van der Waals surface area (Å²) >= 11 is 1.26. The van der Waals surface area contributed by atoms with Crippen LogP contribution in [0.5, 0.6) is 11.5 Å². The van der Waals surface area contributed by atoms with Gasteiger partial charge in [-0.2, -0.15) is 0 Å². The fraction of sp³-hybridized carbons (Fsp3) is 0.429. The molecule has 0 unspecified atom stereocenters. The van der Waals surface area contributed by atoms with Gasteiger partial charge in [-0.1, -0.05) is 6.07 Å². The summed E-state index contributed by atoms with van der Waals surface area (Å²) in [5, 5.41) is 4.54. The second-order valence-electron chi connectivity index (χ2n) is 6.38. The lowest BCUT2D eigenvalue weighted by Gasteiger charge is -2.31. The average Bonchev–Trinajstić information content (AvgIpc) is 3.30. The molecule has 162 valence electrons. The van der Waals surface area contributed by atoms with Gasteiger partial charge in [-0.25, -0.2) is 4.79 Å². The maximum absolute atomic E-state index is 12.4. The Morgan fingerprint density at radius 3 is 2.53 bits per heavy atom. The fourth-order valence-electron chi connectivity index (χ4n) is 3.03. The molecular formula is C21H26N2O6S. The fourth-order valence-corrected chi connectivity index (χ4v) is 3.64. The van der Waals surface area contributed by atoms with E-state index in [1.807, 2.05) is 19.9 Å². The van der Waals surface area contributed by atoms with E-state index < -0.39 is 18.5 Å². The van der Waals surface area contributed by atoms with Crippen LogP contribution in [0.4, 0.5) is 11.4 Å². The summed E-state index contributed by atoms with van der Waals surface area (Å²) in [4.78, 5) is 27.0. The molecule has 1 aliphatic rings. The second-order valence-corrected chi connectivity index (χ2v) is 7.33. The van der Waals surface area contributed by atoms with Gasteiger partial charge < -0.3 is 29.2 Å². The minimum Gasteiger partial charge on any atom is -0.492 e. The summed E-state index contributed by atoms with van der Waals surface area (Å²) in [6.07, 6.45) is 0. The molecule has 1 saturated heterocycles. The number of thiophene rings is 1. The topological polar surface area (TPSA) is 86.3 Å². The normalized spacial score (nSPS) is 13.6. The number of anilines is 2. The van der Waals surface area contributed by atoms with Crippen LogP contribution in [0.15, 0.2) is 29.6 Å². The molecule has 1 aliphatic heterocycles. The van der Waals surface area contributed by atoms with E-state index in [1.165, 1.54) is 11.3 Å². The highest BCUT2D eigenvalue weighted by atomic mass is 32.1. The smallest absolute Gasteiger partial charge is 0.348 e. The molecule has 0 bridgehead atoms. The highest BCUT2D eigenvalue weighted by Crippen LogP contribution is 2.39. The number of amides is 1. The Balaban J connectivity index is 1.75. The lowest BCUT2D eigenvalue weighted by molar-refractivity contribution is -0.119. The van der Waals surface area contributed by atoms with E-state index in [-0.39, 0.29) is 0 Å². The number of rotatable bonds is 9. The number of nitrogens with one attached hydrogen (secondary N) is 1. The lowest BCUT2D eigenvalue weighted by Crippen LogP contribution is -2.36. The number of hydrogen-bond acceptors (Lipinski definition) is 8. The van der Waals surface area contributed by atoms with Crippen LogP contribution in [-0.2, 0) is 14.3 Å². The van der Waals surface area contributed by atoms with Gasteiger partial charge in [-0.15, -0.1) is 11.3 Å². The van der Waals surface area contributed by atoms with Gasteiger partial charge >= 0.3 is 5.97 Å². The van der Waals surface area contributed by atoms with Crippen molar-refractivity contribution < 1.29 is 28.5 Å². The minimum atomic E-state index is -0.525. The quantitative estimate of drug-likeness (QED) is 0.607. The molecular weight excluding hydrogens is 408 g/mol. The third kappa shape index (κ3) is 5.64. The average molecular weight is 435 g/mol. The molecule has 3 rings (SSSR count). The molecule has 1 N–H and O–H groups in total. The summed E-state index contributed by atoms with van der Waals surface area (Å²) in [6.45, 7) is 7.09. The number of ether oxygens (including phenoxy) is 4. The summed E-state index contributed by atoms with van der Waals surface area (Å²) in [7, 11) is 0. The van der Waals surface area contributed by atoms with Crippen molar-refractivity contribution in [1.29, 1.82) is 0 Å². The zero-order valence-electron chi connectivity index (χ0n) is 17.1. The molecule has 2 heterocycles. The van der Waals surface area contributed by atoms with Gasteiger partial charge in [0.1, 0.15) is 16.4 Å². The third-order valence-corrected chi connectivity index (χ3v) is 5.19. The van der Waals surface area contributed by atoms with E-state index in [0.29, 0.717) is 48.5 Å². The Morgan fingerprint density at radius 1 is 1.13 bits per heavy atom. The molecule has 0 aliphatic carbocycles. The van der Waals surface area contributed by atoms with Crippen LogP contribution in [0, 0.1) is 0 Å². The van der Waals surface area contributed by atoms with Gasteiger partial charge in [0.05, 0.1) is 37.8 Å². The van der Waals surface area contributed by atoms with Gasteiger partial charge in [-0.3, -0.25) is 4.79 Å². The van der Waals surface area contributed by atoms with Gasteiger partial charge in [0.15, 0.2) is 6.61 Å². The number of nitrogens with zero attached hydrogens (tertiary/aromatic N) is 1. The highest BCUT2D eigenvalue weighted by molar-refractivity contribution is 7.11. The zero-order valence-corrected chi connectivity index (χ0v) is 18.0. The maximum atomic E-state index is 12.4. The van der Waals surface area contributed by atoms with E-state index in [2.05, 4.69) is 10.2 Å². The van der Waals surface area contributed by atoms with Crippen molar-refractivity contribution in [3.63, 3.8) is 0 Å². The first-order valence-electron chi connectivity index (χ1n) is 9.89. The van der Waals surface area contributed by atoms with E-state index in [9.17, 15) is 9.59 Å². The first-order chi connectivity index (χ1) is 14.6. The molecule has 0 radical (unpaired) electrons. The molecule has 1 aromatic carbocycles. The van der Waals surface area contributed by atoms with E-state index in [4.69, 9.17) is 18.9 Å². The summed E-state index contributed by atoms with van der Waals surface area (Å²) < 4.78 is 22.1. The largest absolute Gasteiger partial charge is 0.492 e. The molecule has 0 atom stereocenters. The Morgan fingerprint density at radius 2 is 1.87 bits per heavy atom. The van der Waals surface area contributed by atoms with Crippen molar-refractivity contribution >= 4 is 34.6 Å². The van der Waals surface area contributed by atoms with E-state index in [0.717, 1.165) is 18.8 Å². The molecule has 1 aromatic heterocycles. The first kappa shape index (κ1) is 21.9. The minimum absolute atomic E-state index is 0.391. The predicted octanol–water partition coefficient (Wildman–Crippen LogP) is 3.18. The van der Waals surface area contributed by atoms with E-state index >= 15 is 0 Å². The monoisotopic (exact) mass is 434 g/mol. The lowest BCUT2D eigenvalue weighted by atomic mass is 10.2. The van der Waals surface area contributed by atoms with Crippen LogP contribution < -0.4 is 19.7 Å². The van der Waals surface area contributed by atoms with Crippen LogP contribution in [-0.4, -0.2) is 58.0 Å².